The summed E-state index contributed by atoms with van der Waals surface area (Å²) in [5.41, 5.74) is 0.325. The van der Waals surface area contributed by atoms with Gasteiger partial charge in [0, 0.05) is 28.6 Å². The molecule has 0 saturated carbocycles. The first-order valence-corrected chi connectivity index (χ1v) is 8.96. The third-order valence-corrected chi connectivity index (χ3v) is 4.78. The van der Waals surface area contributed by atoms with Crippen LogP contribution in [0.3, 0.4) is 0 Å². The number of benzene rings is 1. The minimum absolute atomic E-state index is 0.0252. The molecule has 0 aliphatic carbocycles. The van der Waals surface area contributed by atoms with Gasteiger partial charge in [0.2, 0.25) is 0 Å². The normalized spacial score (nSPS) is 12.0. The molecule has 0 bridgehead atoms. The van der Waals surface area contributed by atoms with Gasteiger partial charge in [-0.05, 0) is 17.4 Å². The zero-order valence-corrected chi connectivity index (χ0v) is 15.0. The molecule has 7 heteroatoms. The van der Waals surface area contributed by atoms with Gasteiger partial charge in [0.15, 0.2) is 13.6 Å². The van der Waals surface area contributed by atoms with Crippen molar-refractivity contribution in [2.75, 3.05) is 18.1 Å². The summed E-state index contributed by atoms with van der Waals surface area (Å²) in [6.07, 6.45) is 0. The molecule has 4 nitrogen and oxygen atoms in total. The quantitative estimate of drug-likeness (QED) is 0.407. The van der Waals surface area contributed by atoms with Crippen LogP contribution in [0.25, 0.3) is 0 Å². The number of hydrogen-bond acceptors (Lipinski definition) is 5. The molecule has 0 aliphatic rings. The minimum atomic E-state index is -0.607. The van der Waals surface area contributed by atoms with Crippen molar-refractivity contribution in [2.45, 2.75) is 19.1 Å². The molecule has 1 atom stereocenters. The molecule has 1 aromatic carbocycles. The van der Waals surface area contributed by atoms with Crippen molar-refractivity contribution in [3.05, 3.63) is 35.4 Å². The van der Waals surface area contributed by atoms with Crippen molar-refractivity contribution in [3.8, 4) is 0 Å². The van der Waals surface area contributed by atoms with Crippen molar-refractivity contribution >= 4 is 49.6 Å². The van der Waals surface area contributed by atoms with Crippen molar-refractivity contribution in [1.82, 2.24) is 5.32 Å². The van der Waals surface area contributed by atoms with Gasteiger partial charge in [-0.1, -0.05) is 26.0 Å². The first kappa shape index (κ1) is 19.8. The van der Waals surface area contributed by atoms with Gasteiger partial charge < -0.3 is 10.1 Å². The predicted molar refractivity (Wildman–Crippen MR) is 98.8 cm³/mol. The van der Waals surface area contributed by atoms with Crippen LogP contribution in [0.15, 0.2) is 24.3 Å². The van der Waals surface area contributed by atoms with Crippen LogP contribution in [-0.2, 0) is 4.79 Å². The van der Waals surface area contributed by atoms with Gasteiger partial charge in [-0.2, -0.15) is 24.4 Å². The molecule has 23 heavy (non-hydrogen) atoms. The van der Waals surface area contributed by atoms with Crippen molar-refractivity contribution in [1.29, 1.82) is 0 Å². The Hall–Kier alpha value is -1.21. The minimum Gasteiger partial charge on any atom is -0.346 e. The Bertz CT molecular complexity index is 561. The molecule has 1 aromatic rings. The Balaban J connectivity index is 2.72. The number of amides is 1. The van der Waals surface area contributed by atoms with Crippen molar-refractivity contribution in [3.63, 3.8) is 0 Å². The summed E-state index contributed by atoms with van der Waals surface area (Å²) in [6, 6.07) is 6.37. The van der Waals surface area contributed by atoms with Gasteiger partial charge in [-0.3, -0.25) is 9.59 Å². The summed E-state index contributed by atoms with van der Waals surface area (Å²) in [5, 5.41) is 2.86. The fraction of sp³-hybridized carbons (Fsp3) is 0.438. The van der Waals surface area contributed by atoms with E-state index in [4.69, 9.17) is 7.85 Å². The molecule has 1 amide bonds. The van der Waals surface area contributed by atoms with Crippen LogP contribution in [0.1, 0.15) is 34.6 Å². The summed E-state index contributed by atoms with van der Waals surface area (Å²) in [7, 11) is 4.97. The first-order chi connectivity index (χ1) is 10.8. The van der Waals surface area contributed by atoms with Crippen LogP contribution in [-0.4, -0.2) is 48.5 Å². The second-order valence-electron chi connectivity index (χ2n) is 5.35. The summed E-state index contributed by atoms with van der Waals surface area (Å²) in [5.74, 6) is 0.682. The van der Waals surface area contributed by atoms with E-state index in [9.17, 15) is 14.4 Å². The van der Waals surface area contributed by atoms with Gasteiger partial charge in [0.25, 0.3) is 5.91 Å². The molecule has 0 saturated heterocycles. The summed E-state index contributed by atoms with van der Waals surface area (Å²) in [6.45, 7) is 3.96. The van der Waals surface area contributed by atoms with E-state index in [2.05, 4.69) is 31.8 Å². The van der Waals surface area contributed by atoms with Crippen molar-refractivity contribution in [2.24, 2.45) is 5.92 Å². The number of hydrogen-bond donors (Lipinski definition) is 2. The monoisotopic (exact) mass is 349 g/mol. The lowest BCUT2D eigenvalue weighted by atomic mass is 9.99. The van der Waals surface area contributed by atoms with E-state index >= 15 is 0 Å². The van der Waals surface area contributed by atoms with Crippen LogP contribution >= 0.6 is 24.4 Å². The zero-order chi connectivity index (χ0) is 17.4. The molecule has 0 spiro atoms. The highest BCUT2D eigenvalue weighted by Gasteiger charge is 2.19. The number of thiol groups is 1. The number of nitrogens with one attached hydrogen (secondary N) is 1. The predicted octanol–water partition coefficient (Wildman–Crippen LogP) is 1.98. The molecule has 122 valence electrons. The number of carbonyl (C=O) groups is 3. The molecular formula is C16H20BNO3S2. The average Bonchev–Trinajstić information content (AvgIpc) is 2.52. The topological polar surface area (TPSA) is 63.2 Å². The number of carbonyl (C=O) groups excluding carboxylic acids is 3. The van der Waals surface area contributed by atoms with Gasteiger partial charge >= 0.3 is 0 Å². The van der Waals surface area contributed by atoms with E-state index in [1.165, 1.54) is 0 Å². The largest absolute Gasteiger partial charge is 0.346 e. The lowest BCUT2D eigenvalue weighted by Crippen LogP contribution is -2.29. The molecule has 0 aromatic heterocycles. The molecule has 0 fully saturated rings. The fourth-order valence-corrected chi connectivity index (χ4v) is 3.17. The van der Waals surface area contributed by atoms with E-state index in [1.807, 2.05) is 0 Å². The van der Waals surface area contributed by atoms with Crippen LogP contribution in [0.4, 0.5) is 0 Å². The van der Waals surface area contributed by atoms with E-state index in [1.54, 1.807) is 36.0 Å². The Kier molecular flexibility index (Phi) is 8.48. The van der Waals surface area contributed by atoms with Crippen LogP contribution in [0, 0.1) is 5.92 Å². The lowest BCUT2D eigenvalue weighted by Gasteiger charge is -2.14. The molecule has 0 aliphatic heterocycles. The number of Topliss-reactive ketones (excluding diaryl/α,β-unsaturated/α-hetero) is 1. The second kappa shape index (κ2) is 9.83. The summed E-state index contributed by atoms with van der Waals surface area (Å²) >= 11 is 5.99. The van der Waals surface area contributed by atoms with Crippen LogP contribution in [0.5, 0.6) is 0 Å². The highest BCUT2D eigenvalue weighted by Crippen LogP contribution is 2.19. The van der Waals surface area contributed by atoms with Crippen molar-refractivity contribution < 1.29 is 14.4 Å². The highest BCUT2D eigenvalue weighted by atomic mass is 32.2. The Morgan fingerprint density at radius 1 is 1.17 bits per heavy atom. The molecule has 1 unspecified atom stereocenters. The summed E-state index contributed by atoms with van der Waals surface area (Å²) < 4.78 is 0. The van der Waals surface area contributed by atoms with E-state index in [-0.39, 0.29) is 18.2 Å². The molecule has 1 N–H and O–H groups in total. The van der Waals surface area contributed by atoms with Crippen LogP contribution < -0.4 is 5.32 Å². The highest BCUT2D eigenvalue weighted by molar-refractivity contribution is 7.99. The Labute approximate surface area is 148 Å². The van der Waals surface area contributed by atoms with E-state index in [0.29, 0.717) is 22.1 Å². The molecule has 1 rings (SSSR count). The van der Waals surface area contributed by atoms with Gasteiger partial charge in [-0.25, -0.2) is 0 Å². The average molecular weight is 349 g/mol. The Morgan fingerprint density at radius 3 is 2.22 bits per heavy atom. The van der Waals surface area contributed by atoms with Gasteiger partial charge in [0.1, 0.15) is 0 Å². The summed E-state index contributed by atoms with van der Waals surface area (Å²) in [4.78, 5) is 34.9. The third kappa shape index (κ3) is 6.83. The second-order valence-corrected chi connectivity index (χ2v) is 7.33. The van der Waals surface area contributed by atoms with E-state index in [0.717, 1.165) is 5.75 Å². The van der Waals surface area contributed by atoms with Crippen LogP contribution in [0.2, 0.25) is 0 Å². The SMILES string of the molecule is [B]C(=O)CNC(=O)c1ccc(C(=O)C(CS)CSC(C)C)cc1. The molecule has 2 radical (unpaired) electrons. The zero-order valence-electron chi connectivity index (χ0n) is 13.2. The van der Waals surface area contributed by atoms with Gasteiger partial charge in [0.05, 0.1) is 12.2 Å². The number of rotatable bonds is 9. The van der Waals surface area contributed by atoms with Gasteiger partial charge in [-0.15, -0.1) is 0 Å². The fourth-order valence-electron chi connectivity index (χ4n) is 1.81. The Morgan fingerprint density at radius 2 is 1.74 bits per heavy atom. The molecule has 0 heterocycles. The number of ketones is 1. The van der Waals surface area contributed by atoms with E-state index < -0.39 is 11.6 Å². The first-order valence-electron chi connectivity index (χ1n) is 7.28. The molecular weight excluding hydrogens is 329 g/mol. The number of thioether (sulfide) groups is 1. The maximum absolute atomic E-state index is 12.5. The third-order valence-electron chi connectivity index (χ3n) is 3.08. The lowest BCUT2D eigenvalue weighted by molar-refractivity contribution is -0.110. The maximum Gasteiger partial charge on any atom is 0.251 e. The standard InChI is InChI=1S/C16H20BNO3S2/c1-10(2)23-9-13(8-22)15(20)11-3-5-12(6-4-11)16(21)18-7-14(17)19/h3-6,10,13,22H,7-9H2,1-2H3,(H,18,21). The smallest absolute Gasteiger partial charge is 0.251 e. The maximum atomic E-state index is 12.5.